The molecule has 3 heterocycles. The van der Waals surface area contributed by atoms with Gasteiger partial charge in [0.2, 0.25) is 16.0 Å². The number of nitrogens with zero attached hydrogens (tertiary/aromatic N) is 6. The highest BCUT2D eigenvalue weighted by atomic mass is 32.2. The number of aromatic nitrogens is 2. The minimum Gasteiger partial charge on any atom is -0.362 e. The van der Waals surface area contributed by atoms with Crippen molar-refractivity contribution >= 4 is 21.8 Å². The molecule has 0 N–H and O–H groups in total. The van der Waals surface area contributed by atoms with E-state index < -0.39 is 10.0 Å². The SMILES string of the molecule is CN(C)c1nc(N2CCN(C3CCCCC3)CC2)nc2c1CN(S(=O)(=O)c1ccccc1)CC2. The lowest BCUT2D eigenvalue weighted by molar-refractivity contribution is 0.147. The zero-order chi connectivity index (χ0) is 23.7. The molecule has 1 saturated carbocycles. The molecular weight excluding hydrogens is 448 g/mol. The normalized spacial score (nSPS) is 20.8. The van der Waals surface area contributed by atoms with Gasteiger partial charge < -0.3 is 9.80 Å². The van der Waals surface area contributed by atoms with E-state index in [-0.39, 0.29) is 0 Å². The fourth-order valence-electron chi connectivity index (χ4n) is 5.55. The number of piperazine rings is 1. The molecule has 2 aromatic rings. The van der Waals surface area contributed by atoms with E-state index in [4.69, 9.17) is 9.97 Å². The molecule has 0 atom stereocenters. The second-order valence-corrected chi connectivity index (χ2v) is 11.8. The number of benzene rings is 1. The van der Waals surface area contributed by atoms with Gasteiger partial charge in [0.1, 0.15) is 5.82 Å². The second-order valence-electron chi connectivity index (χ2n) is 9.88. The molecule has 34 heavy (non-hydrogen) atoms. The van der Waals surface area contributed by atoms with Crippen molar-refractivity contribution in [1.82, 2.24) is 19.2 Å². The zero-order valence-electron chi connectivity index (χ0n) is 20.4. The van der Waals surface area contributed by atoms with Gasteiger partial charge in [0.15, 0.2) is 0 Å². The van der Waals surface area contributed by atoms with Gasteiger partial charge in [0, 0.05) is 71.4 Å². The van der Waals surface area contributed by atoms with Crippen LogP contribution in [0, 0.1) is 0 Å². The van der Waals surface area contributed by atoms with Gasteiger partial charge in [0.25, 0.3) is 0 Å². The Balaban J connectivity index is 1.35. The smallest absolute Gasteiger partial charge is 0.243 e. The summed E-state index contributed by atoms with van der Waals surface area (Å²) >= 11 is 0. The van der Waals surface area contributed by atoms with E-state index in [0.717, 1.165) is 55.2 Å². The van der Waals surface area contributed by atoms with Crippen LogP contribution in [0.4, 0.5) is 11.8 Å². The van der Waals surface area contributed by atoms with Crippen LogP contribution in [0.15, 0.2) is 35.2 Å². The van der Waals surface area contributed by atoms with Crippen LogP contribution in [-0.2, 0) is 23.0 Å². The molecule has 2 fully saturated rings. The fourth-order valence-corrected chi connectivity index (χ4v) is 6.98. The van der Waals surface area contributed by atoms with Gasteiger partial charge in [-0.3, -0.25) is 4.90 Å². The van der Waals surface area contributed by atoms with E-state index in [1.807, 2.05) is 25.1 Å². The number of hydrogen-bond acceptors (Lipinski definition) is 7. The van der Waals surface area contributed by atoms with Gasteiger partial charge in [-0.15, -0.1) is 0 Å². The lowest BCUT2D eigenvalue weighted by atomic mass is 9.94. The number of fused-ring (bicyclic) bond motifs is 1. The summed E-state index contributed by atoms with van der Waals surface area (Å²) in [5.41, 5.74) is 1.89. The van der Waals surface area contributed by atoms with Crippen molar-refractivity contribution in [2.24, 2.45) is 0 Å². The number of rotatable bonds is 5. The second kappa shape index (κ2) is 9.79. The highest BCUT2D eigenvalue weighted by Crippen LogP contribution is 2.31. The molecule has 8 nitrogen and oxygen atoms in total. The van der Waals surface area contributed by atoms with Crippen LogP contribution in [0.3, 0.4) is 0 Å². The average molecular weight is 485 g/mol. The van der Waals surface area contributed by atoms with Gasteiger partial charge in [-0.1, -0.05) is 37.5 Å². The van der Waals surface area contributed by atoms with Crippen LogP contribution in [0.2, 0.25) is 0 Å². The van der Waals surface area contributed by atoms with E-state index in [1.54, 1.807) is 28.6 Å². The number of hydrogen-bond donors (Lipinski definition) is 0. The summed E-state index contributed by atoms with van der Waals surface area (Å²) in [5, 5.41) is 0. The molecule has 1 aromatic carbocycles. The lowest BCUT2D eigenvalue weighted by Gasteiger charge is -2.41. The van der Waals surface area contributed by atoms with Crippen molar-refractivity contribution < 1.29 is 8.42 Å². The van der Waals surface area contributed by atoms with Crippen LogP contribution in [0.25, 0.3) is 0 Å². The van der Waals surface area contributed by atoms with Crippen LogP contribution in [0.5, 0.6) is 0 Å². The highest BCUT2D eigenvalue weighted by molar-refractivity contribution is 7.89. The summed E-state index contributed by atoms with van der Waals surface area (Å²) in [6.45, 7) is 4.74. The molecule has 5 rings (SSSR count). The molecule has 0 unspecified atom stereocenters. The van der Waals surface area contributed by atoms with Crippen molar-refractivity contribution in [3.8, 4) is 0 Å². The van der Waals surface area contributed by atoms with Crippen molar-refractivity contribution in [1.29, 1.82) is 0 Å². The van der Waals surface area contributed by atoms with Crippen molar-refractivity contribution in [2.45, 2.75) is 56.0 Å². The van der Waals surface area contributed by atoms with Crippen molar-refractivity contribution in [3.05, 3.63) is 41.6 Å². The molecule has 1 saturated heterocycles. The predicted octanol–water partition coefficient (Wildman–Crippen LogP) is 2.74. The van der Waals surface area contributed by atoms with E-state index in [1.165, 1.54) is 32.1 Å². The molecule has 0 amide bonds. The molecule has 0 spiro atoms. The molecule has 0 bridgehead atoms. The Hall–Kier alpha value is -2.23. The Morgan fingerprint density at radius 2 is 1.62 bits per heavy atom. The minimum atomic E-state index is -3.55. The fraction of sp³-hybridized carbons (Fsp3) is 0.600. The van der Waals surface area contributed by atoms with Gasteiger partial charge >= 0.3 is 0 Å². The molecule has 3 aliphatic rings. The summed E-state index contributed by atoms with van der Waals surface area (Å²) in [5.74, 6) is 1.60. The molecule has 2 aliphatic heterocycles. The lowest BCUT2D eigenvalue weighted by Crippen LogP contribution is -2.51. The minimum absolute atomic E-state index is 0.301. The maximum absolute atomic E-state index is 13.2. The summed E-state index contributed by atoms with van der Waals surface area (Å²) in [4.78, 5) is 17.2. The largest absolute Gasteiger partial charge is 0.362 e. The summed E-state index contributed by atoms with van der Waals surface area (Å²) in [7, 11) is 0.389. The topological polar surface area (TPSA) is 72.9 Å². The Bertz CT molecular complexity index is 1090. The van der Waals surface area contributed by atoms with Gasteiger partial charge in [-0.05, 0) is 25.0 Å². The first-order chi connectivity index (χ1) is 16.4. The third-order valence-corrected chi connectivity index (χ3v) is 9.34. The predicted molar refractivity (Wildman–Crippen MR) is 135 cm³/mol. The Kier molecular flexibility index (Phi) is 6.77. The third-order valence-electron chi connectivity index (χ3n) is 7.48. The quantitative estimate of drug-likeness (QED) is 0.646. The summed E-state index contributed by atoms with van der Waals surface area (Å²) in [6, 6.07) is 9.42. The van der Waals surface area contributed by atoms with Crippen molar-refractivity contribution in [2.75, 3.05) is 56.6 Å². The molecule has 184 valence electrons. The first-order valence-electron chi connectivity index (χ1n) is 12.5. The van der Waals surface area contributed by atoms with E-state index >= 15 is 0 Å². The first-order valence-corrected chi connectivity index (χ1v) is 14.0. The van der Waals surface area contributed by atoms with Gasteiger partial charge in [-0.25, -0.2) is 13.4 Å². The summed E-state index contributed by atoms with van der Waals surface area (Å²) < 4.78 is 28.0. The molecule has 0 radical (unpaired) electrons. The molecule has 1 aromatic heterocycles. The Morgan fingerprint density at radius 3 is 2.29 bits per heavy atom. The standard InChI is InChI=1S/C25H36N6O2S/c1-28(2)24-22-19-31(34(32,33)21-11-7-4-8-12-21)14-13-23(22)26-25(27-24)30-17-15-29(16-18-30)20-9-5-3-6-10-20/h4,7-8,11-12,20H,3,5-6,9-10,13-19H2,1-2H3. The van der Waals surface area contributed by atoms with Crippen LogP contribution < -0.4 is 9.80 Å². The Morgan fingerprint density at radius 1 is 0.912 bits per heavy atom. The first kappa shape index (κ1) is 23.5. The van der Waals surface area contributed by atoms with Crippen LogP contribution in [0.1, 0.15) is 43.4 Å². The maximum atomic E-state index is 13.2. The molecule has 9 heteroatoms. The monoisotopic (exact) mass is 484 g/mol. The third kappa shape index (κ3) is 4.65. The Labute approximate surface area is 203 Å². The van der Waals surface area contributed by atoms with Crippen LogP contribution >= 0.6 is 0 Å². The summed E-state index contributed by atoms with van der Waals surface area (Å²) in [6.07, 6.45) is 7.38. The average Bonchev–Trinajstić information content (AvgIpc) is 2.88. The number of sulfonamides is 1. The van der Waals surface area contributed by atoms with E-state index in [2.05, 4.69) is 9.80 Å². The van der Waals surface area contributed by atoms with Gasteiger partial charge in [-0.2, -0.15) is 9.29 Å². The molecular formula is C25H36N6O2S. The van der Waals surface area contributed by atoms with Gasteiger partial charge in [0.05, 0.1) is 10.6 Å². The van der Waals surface area contributed by atoms with Crippen LogP contribution in [-0.4, -0.2) is 80.5 Å². The maximum Gasteiger partial charge on any atom is 0.243 e. The van der Waals surface area contributed by atoms with E-state index in [9.17, 15) is 8.42 Å². The molecule has 1 aliphatic carbocycles. The van der Waals surface area contributed by atoms with Crippen molar-refractivity contribution in [3.63, 3.8) is 0 Å². The van der Waals surface area contributed by atoms with E-state index in [0.29, 0.717) is 24.4 Å². The highest BCUT2D eigenvalue weighted by Gasteiger charge is 2.33. The zero-order valence-corrected chi connectivity index (χ0v) is 21.2. The number of anilines is 2.